The number of nitrogens with zero attached hydrogens (tertiary/aromatic N) is 2. The summed E-state index contributed by atoms with van der Waals surface area (Å²) >= 11 is 6.39. The minimum absolute atomic E-state index is 0.205. The molecule has 2 N–H and O–H groups in total. The number of para-hydroxylation sites is 1. The van der Waals surface area contributed by atoms with E-state index in [0.29, 0.717) is 10.7 Å². The van der Waals surface area contributed by atoms with E-state index < -0.39 is 12.0 Å². The molecule has 2 aromatic carbocycles. The molecule has 1 aromatic heterocycles. The molecular weight excluding hydrogens is 402 g/mol. The molecule has 1 heterocycles. The van der Waals surface area contributed by atoms with Crippen LogP contribution in [0, 0.1) is 0 Å². The van der Waals surface area contributed by atoms with Crippen molar-refractivity contribution in [2.24, 2.45) is 0 Å². The smallest absolute Gasteiger partial charge is 0.305 e. The summed E-state index contributed by atoms with van der Waals surface area (Å²) in [6.07, 6.45) is 3.38. The first-order valence-corrected chi connectivity index (χ1v) is 10.4. The fraction of sp³-hybridized carbons (Fsp3) is 0.261. The summed E-state index contributed by atoms with van der Waals surface area (Å²) < 4.78 is 1.76. The molecule has 0 radical (unpaired) electrons. The van der Waals surface area contributed by atoms with Crippen molar-refractivity contribution >= 4 is 23.5 Å². The second-order valence-electron chi connectivity index (χ2n) is 7.38. The Kier molecular flexibility index (Phi) is 5.86. The lowest BCUT2D eigenvalue weighted by atomic mass is 9.95. The number of carboxylic acid groups (broad SMARTS) is 1. The topological polar surface area (TPSA) is 84.2 Å². The van der Waals surface area contributed by atoms with Gasteiger partial charge in [-0.05, 0) is 43.4 Å². The lowest BCUT2D eigenvalue weighted by molar-refractivity contribution is -0.137. The highest BCUT2D eigenvalue weighted by Gasteiger charge is 2.28. The minimum Gasteiger partial charge on any atom is -0.481 e. The van der Waals surface area contributed by atoms with Gasteiger partial charge in [0.05, 0.1) is 23.2 Å². The van der Waals surface area contributed by atoms with Crippen LogP contribution in [-0.2, 0) is 17.6 Å². The van der Waals surface area contributed by atoms with Crippen LogP contribution in [0.3, 0.4) is 0 Å². The second-order valence-corrected chi connectivity index (χ2v) is 7.79. The maximum atomic E-state index is 13.2. The predicted molar refractivity (Wildman–Crippen MR) is 114 cm³/mol. The first-order valence-electron chi connectivity index (χ1n) is 9.98. The third-order valence-electron chi connectivity index (χ3n) is 5.36. The number of nitrogens with one attached hydrogen (secondary N) is 1. The van der Waals surface area contributed by atoms with E-state index in [0.717, 1.165) is 48.2 Å². The Labute approximate surface area is 179 Å². The molecule has 0 saturated carbocycles. The van der Waals surface area contributed by atoms with Crippen molar-refractivity contribution in [1.29, 1.82) is 0 Å². The van der Waals surface area contributed by atoms with Crippen molar-refractivity contribution in [3.63, 3.8) is 0 Å². The normalized spacial score (nSPS) is 14.0. The molecule has 1 atom stereocenters. The van der Waals surface area contributed by atoms with Crippen molar-refractivity contribution in [1.82, 2.24) is 15.1 Å². The molecule has 3 aromatic rings. The summed E-state index contributed by atoms with van der Waals surface area (Å²) in [4.78, 5) is 24.6. The van der Waals surface area contributed by atoms with E-state index in [9.17, 15) is 14.7 Å². The Bertz CT molecular complexity index is 1080. The summed E-state index contributed by atoms with van der Waals surface area (Å²) in [5.41, 5.74) is 3.74. The van der Waals surface area contributed by atoms with Gasteiger partial charge in [0.1, 0.15) is 0 Å². The highest BCUT2D eigenvalue weighted by atomic mass is 35.5. The molecule has 154 valence electrons. The first kappa shape index (κ1) is 20.2. The Morgan fingerprint density at radius 2 is 1.77 bits per heavy atom. The highest BCUT2D eigenvalue weighted by Crippen LogP contribution is 2.30. The van der Waals surface area contributed by atoms with Crippen molar-refractivity contribution in [3.8, 4) is 5.69 Å². The standard InChI is InChI=1S/C23H22ClN3O3/c24-17-11-5-7-13-20(17)27-19-12-6-4-10-16(19)22(26-27)23(30)25-18(14-21(28)29)15-8-2-1-3-9-15/h1-3,5,7-9,11,13,18H,4,6,10,12,14H2,(H,25,30)(H,28,29). The van der Waals surface area contributed by atoms with Crippen LogP contribution >= 0.6 is 11.6 Å². The summed E-state index contributed by atoms with van der Waals surface area (Å²) in [6, 6.07) is 15.9. The molecule has 1 aliphatic rings. The summed E-state index contributed by atoms with van der Waals surface area (Å²) in [6.45, 7) is 0. The Morgan fingerprint density at radius 1 is 1.07 bits per heavy atom. The number of benzene rings is 2. The molecule has 4 rings (SSSR count). The molecule has 1 aliphatic carbocycles. The van der Waals surface area contributed by atoms with E-state index in [1.165, 1.54) is 0 Å². The summed E-state index contributed by atoms with van der Waals surface area (Å²) in [7, 11) is 0. The van der Waals surface area contributed by atoms with Crippen LogP contribution in [-0.4, -0.2) is 26.8 Å². The highest BCUT2D eigenvalue weighted by molar-refractivity contribution is 6.32. The maximum Gasteiger partial charge on any atom is 0.305 e. The van der Waals surface area contributed by atoms with Gasteiger partial charge in [-0.2, -0.15) is 5.10 Å². The second kappa shape index (κ2) is 8.71. The van der Waals surface area contributed by atoms with Crippen molar-refractivity contribution in [2.45, 2.75) is 38.1 Å². The number of hydrogen-bond donors (Lipinski definition) is 2. The van der Waals surface area contributed by atoms with Gasteiger partial charge in [-0.15, -0.1) is 0 Å². The molecule has 0 bridgehead atoms. The van der Waals surface area contributed by atoms with Gasteiger partial charge in [-0.1, -0.05) is 54.1 Å². The van der Waals surface area contributed by atoms with Crippen molar-refractivity contribution in [2.75, 3.05) is 0 Å². The molecule has 7 heteroatoms. The quantitative estimate of drug-likeness (QED) is 0.617. The zero-order chi connectivity index (χ0) is 21.1. The van der Waals surface area contributed by atoms with E-state index in [-0.39, 0.29) is 12.3 Å². The number of amides is 1. The lowest BCUT2D eigenvalue weighted by Crippen LogP contribution is -2.31. The number of carbonyl (C=O) groups is 2. The van der Waals surface area contributed by atoms with Gasteiger partial charge >= 0.3 is 5.97 Å². The zero-order valence-corrected chi connectivity index (χ0v) is 17.1. The molecule has 0 spiro atoms. The number of aliphatic carboxylic acids is 1. The van der Waals surface area contributed by atoms with Crippen LogP contribution in [0.1, 0.15) is 52.6 Å². The Balaban J connectivity index is 1.70. The number of aromatic nitrogens is 2. The lowest BCUT2D eigenvalue weighted by Gasteiger charge is -2.18. The van der Waals surface area contributed by atoms with Gasteiger partial charge in [0.15, 0.2) is 5.69 Å². The number of carboxylic acids is 1. The third-order valence-corrected chi connectivity index (χ3v) is 5.68. The maximum absolute atomic E-state index is 13.2. The van der Waals surface area contributed by atoms with Crippen molar-refractivity contribution < 1.29 is 14.7 Å². The summed E-state index contributed by atoms with van der Waals surface area (Å²) in [5, 5.41) is 17.4. The minimum atomic E-state index is -0.979. The number of halogens is 1. The van der Waals surface area contributed by atoms with Crippen LogP contribution < -0.4 is 5.32 Å². The molecule has 0 saturated heterocycles. The van der Waals surface area contributed by atoms with Gasteiger partial charge < -0.3 is 10.4 Å². The Morgan fingerprint density at radius 3 is 2.50 bits per heavy atom. The fourth-order valence-electron chi connectivity index (χ4n) is 3.94. The fourth-order valence-corrected chi connectivity index (χ4v) is 4.16. The van der Waals surface area contributed by atoms with Gasteiger partial charge in [0.25, 0.3) is 5.91 Å². The molecular formula is C23H22ClN3O3. The molecule has 0 fully saturated rings. The molecule has 6 nitrogen and oxygen atoms in total. The van der Waals surface area contributed by atoms with E-state index in [4.69, 9.17) is 11.6 Å². The van der Waals surface area contributed by atoms with Gasteiger partial charge in [-0.3, -0.25) is 9.59 Å². The average molecular weight is 424 g/mol. The molecule has 30 heavy (non-hydrogen) atoms. The molecule has 1 unspecified atom stereocenters. The van der Waals surface area contributed by atoms with Crippen LogP contribution in [0.2, 0.25) is 5.02 Å². The number of carbonyl (C=O) groups excluding carboxylic acids is 1. The van der Waals surface area contributed by atoms with E-state index in [1.807, 2.05) is 48.5 Å². The number of hydrogen-bond acceptors (Lipinski definition) is 3. The van der Waals surface area contributed by atoms with Crippen LogP contribution in [0.4, 0.5) is 0 Å². The number of fused-ring (bicyclic) bond motifs is 1. The number of rotatable bonds is 6. The molecule has 0 aliphatic heterocycles. The van der Waals surface area contributed by atoms with E-state index in [2.05, 4.69) is 10.4 Å². The van der Waals surface area contributed by atoms with Crippen molar-refractivity contribution in [3.05, 3.63) is 82.1 Å². The van der Waals surface area contributed by atoms with Crippen LogP contribution in [0.15, 0.2) is 54.6 Å². The van der Waals surface area contributed by atoms with Gasteiger partial charge in [-0.25, -0.2) is 4.68 Å². The third kappa shape index (κ3) is 4.09. The van der Waals surface area contributed by atoms with Crippen LogP contribution in [0.5, 0.6) is 0 Å². The first-order chi connectivity index (χ1) is 14.5. The zero-order valence-electron chi connectivity index (χ0n) is 16.3. The Hall–Kier alpha value is -3.12. The average Bonchev–Trinajstić information content (AvgIpc) is 3.14. The molecule has 1 amide bonds. The monoisotopic (exact) mass is 423 g/mol. The largest absolute Gasteiger partial charge is 0.481 e. The van der Waals surface area contributed by atoms with Gasteiger partial charge in [0, 0.05) is 11.3 Å². The van der Waals surface area contributed by atoms with E-state index >= 15 is 0 Å². The van der Waals surface area contributed by atoms with E-state index in [1.54, 1.807) is 10.7 Å². The summed E-state index contributed by atoms with van der Waals surface area (Å²) in [5.74, 6) is -1.35. The SMILES string of the molecule is O=C(O)CC(NC(=O)c1nn(-c2ccccc2Cl)c2c1CCCC2)c1ccccc1. The van der Waals surface area contributed by atoms with Crippen LogP contribution in [0.25, 0.3) is 5.69 Å². The van der Waals surface area contributed by atoms with Gasteiger partial charge in [0.2, 0.25) is 0 Å². The predicted octanol–water partition coefficient (Wildman–Crippen LogP) is 4.35.